The Morgan fingerprint density at radius 1 is 0.667 bits per heavy atom. The molecule has 0 amide bonds. The van der Waals surface area contributed by atoms with Gasteiger partial charge in [0.15, 0.2) is 0 Å². The minimum absolute atomic E-state index is 0. The zero-order chi connectivity index (χ0) is 15.3. The first-order valence-electron chi connectivity index (χ1n) is 9.43. The van der Waals surface area contributed by atoms with E-state index < -0.39 is 0 Å². The summed E-state index contributed by atoms with van der Waals surface area (Å²) in [7, 11) is 0. The molecule has 0 aromatic rings. The summed E-state index contributed by atoms with van der Waals surface area (Å²) in [6.07, 6.45) is 17.1. The molecule has 0 aliphatic rings. The molecule has 0 fully saturated rings. The van der Waals surface area contributed by atoms with Crippen molar-refractivity contribution >= 4 is 12.4 Å². The summed E-state index contributed by atoms with van der Waals surface area (Å²) in [5, 5.41) is 0. The molecule has 0 rings (SSSR count). The highest BCUT2D eigenvalue weighted by molar-refractivity contribution is 5.85. The first kappa shape index (κ1) is 23.5. The topological polar surface area (TPSA) is 26.0 Å². The lowest BCUT2D eigenvalue weighted by Crippen LogP contribution is -2.47. The molecule has 0 heterocycles. The minimum atomic E-state index is 0. The molecule has 0 aliphatic heterocycles. The summed E-state index contributed by atoms with van der Waals surface area (Å²) in [5.74, 6) is 0.757. The van der Waals surface area contributed by atoms with Crippen molar-refractivity contribution in [3.05, 3.63) is 0 Å². The number of rotatable bonds is 14. The van der Waals surface area contributed by atoms with Crippen LogP contribution in [0.15, 0.2) is 0 Å². The predicted octanol–water partition coefficient (Wildman–Crippen LogP) is 6.87. The van der Waals surface area contributed by atoms with Gasteiger partial charge in [0.1, 0.15) is 0 Å². The lowest BCUT2D eigenvalue weighted by Gasteiger charge is -2.38. The van der Waals surface area contributed by atoms with E-state index in [4.69, 9.17) is 5.73 Å². The molecule has 0 spiro atoms. The second-order valence-electron chi connectivity index (χ2n) is 6.78. The van der Waals surface area contributed by atoms with E-state index in [1.165, 1.54) is 83.5 Å². The third-order valence-electron chi connectivity index (χ3n) is 4.87. The number of nitrogens with two attached hydrogens (primary N) is 1. The van der Waals surface area contributed by atoms with Crippen LogP contribution < -0.4 is 5.73 Å². The zero-order valence-corrected chi connectivity index (χ0v) is 16.1. The summed E-state index contributed by atoms with van der Waals surface area (Å²) in [6, 6.07) is 0. The van der Waals surface area contributed by atoms with Gasteiger partial charge in [0.25, 0.3) is 0 Å². The molecule has 130 valence electrons. The molecule has 0 bridgehead atoms. The Bertz CT molecular complexity index is 198. The van der Waals surface area contributed by atoms with Crippen LogP contribution in [0.2, 0.25) is 0 Å². The number of halogens is 1. The van der Waals surface area contributed by atoms with Gasteiger partial charge >= 0.3 is 0 Å². The Balaban J connectivity index is 0. The minimum Gasteiger partial charge on any atom is -0.325 e. The van der Waals surface area contributed by atoms with Crippen LogP contribution in [0.3, 0.4) is 0 Å². The molecule has 0 radical (unpaired) electrons. The van der Waals surface area contributed by atoms with E-state index in [0.29, 0.717) is 0 Å². The standard InChI is InChI=1S/C19H41N.ClH/c1-5-9-13-15-18(14-10-6-2)19(20,16-11-7-3)17-12-8-4;/h18H,5-17,20H2,1-4H3;1H. The highest BCUT2D eigenvalue weighted by Gasteiger charge is 2.32. The molecule has 0 aromatic heterocycles. The first-order valence-corrected chi connectivity index (χ1v) is 9.43. The van der Waals surface area contributed by atoms with Crippen molar-refractivity contribution in [1.82, 2.24) is 0 Å². The lowest BCUT2D eigenvalue weighted by atomic mass is 9.72. The number of unbranched alkanes of at least 4 members (excludes halogenated alkanes) is 5. The van der Waals surface area contributed by atoms with Gasteiger partial charge in [-0.25, -0.2) is 0 Å². The quantitative estimate of drug-likeness (QED) is 0.347. The van der Waals surface area contributed by atoms with Crippen molar-refractivity contribution in [2.75, 3.05) is 0 Å². The van der Waals surface area contributed by atoms with Gasteiger partial charge in [-0.3, -0.25) is 0 Å². The van der Waals surface area contributed by atoms with Crippen molar-refractivity contribution in [3.63, 3.8) is 0 Å². The molecule has 0 aromatic carbocycles. The largest absolute Gasteiger partial charge is 0.325 e. The highest BCUT2D eigenvalue weighted by atomic mass is 35.5. The molecule has 2 N–H and O–H groups in total. The van der Waals surface area contributed by atoms with E-state index >= 15 is 0 Å². The van der Waals surface area contributed by atoms with Crippen LogP contribution in [-0.4, -0.2) is 5.54 Å². The van der Waals surface area contributed by atoms with Crippen molar-refractivity contribution < 1.29 is 0 Å². The van der Waals surface area contributed by atoms with E-state index in [-0.39, 0.29) is 17.9 Å². The van der Waals surface area contributed by atoms with Gasteiger partial charge in [-0.1, -0.05) is 85.5 Å². The maximum atomic E-state index is 6.94. The summed E-state index contributed by atoms with van der Waals surface area (Å²) in [4.78, 5) is 0. The molecule has 0 saturated carbocycles. The van der Waals surface area contributed by atoms with Gasteiger partial charge in [0, 0.05) is 5.54 Å². The summed E-state index contributed by atoms with van der Waals surface area (Å²) >= 11 is 0. The van der Waals surface area contributed by atoms with Gasteiger partial charge in [0.05, 0.1) is 0 Å². The van der Waals surface area contributed by atoms with Gasteiger partial charge in [0.2, 0.25) is 0 Å². The number of hydrogen-bond acceptors (Lipinski definition) is 1. The van der Waals surface area contributed by atoms with Crippen LogP contribution in [0.4, 0.5) is 0 Å². The normalized spacial score (nSPS) is 13.0. The number of hydrogen-bond donors (Lipinski definition) is 1. The Morgan fingerprint density at radius 3 is 1.52 bits per heavy atom. The smallest absolute Gasteiger partial charge is 0.0182 e. The van der Waals surface area contributed by atoms with Crippen LogP contribution >= 0.6 is 12.4 Å². The molecule has 0 saturated heterocycles. The van der Waals surface area contributed by atoms with Crippen molar-refractivity contribution in [2.24, 2.45) is 11.7 Å². The Kier molecular flexibility index (Phi) is 17.0. The molecule has 0 aliphatic carbocycles. The van der Waals surface area contributed by atoms with Crippen LogP contribution in [0, 0.1) is 5.92 Å². The van der Waals surface area contributed by atoms with Crippen molar-refractivity contribution in [1.29, 1.82) is 0 Å². The van der Waals surface area contributed by atoms with Crippen LogP contribution in [0.25, 0.3) is 0 Å². The third-order valence-corrected chi connectivity index (χ3v) is 4.87. The fourth-order valence-electron chi connectivity index (χ4n) is 3.36. The predicted molar refractivity (Wildman–Crippen MR) is 100 cm³/mol. The molecule has 1 atom stereocenters. The van der Waals surface area contributed by atoms with E-state index in [1.54, 1.807) is 0 Å². The Morgan fingerprint density at radius 2 is 1.10 bits per heavy atom. The molecule has 1 nitrogen and oxygen atoms in total. The fraction of sp³-hybridized carbons (Fsp3) is 1.00. The maximum Gasteiger partial charge on any atom is 0.0182 e. The van der Waals surface area contributed by atoms with E-state index in [9.17, 15) is 0 Å². The monoisotopic (exact) mass is 319 g/mol. The van der Waals surface area contributed by atoms with Crippen molar-refractivity contribution in [2.45, 2.75) is 117 Å². The second-order valence-corrected chi connectivity index (χ2v) is 6.78. The van der Waals surface area contributed by atoms with Gasteiger partial charge in [-0.15, -0.1) is 12.4 Å². The van der Waals surface area contributed by atoms with Gasteiger partial charge in [-0.2, -0.15) is 0 Å². The Labute approximate surface area is 141 Å². The van der Waals surface area contributed by atoms with E-state index in [0.717, 1.165) is 5.92 Å². The maximum absolute atomic E-state index is 6.94. The summed E-state index contributed by atoms with van der Waals surface area (Å²) in [5.41, 5.74) is 7.06. The SMILES string of the molecule is CCCCCC(CCCC)C(N)(CCCC)CCCC.Cl. The summed E-state index contributed by atoms with van der Waals surface area (Å²) < 4.78 is 0. The average Bonchev–Trinajstić information content (AvgIpc) is 2.46. The molecular weight excluding hydrogens is 278 g/mol. The van der Waals surface area contributed by atoms with Gasteiger partial charge in [-0.05, 0) is 31.6 Å². The van der Waals surface area contributed by atoms with E-state index in [1.807, 2.05) is 0 Å². The second kappa shape index (κ2) is 15.2. The average molecular weight is 320 g/mol. The zero-order valence-electron chi connectivity index (χ0n) is 15.3. The fourth-order valence-corrected chi connectivity index (χ4v) is 3.36. The third kappa shape index (κ3) is 10.6. The molecule has 21 heavy (non-hydrogen) atoms. The van der Waals surface area contributed by atoms with E-state index in [2.05, 4.69) is 27.7 Å². The molecule has 1 unspecified atom stereocenters. The van der Waals surface area contributed by atoms with Crippen LogP contribution in [0.1, 0.15) is 111 Å². The molecule has 2 heteroatoms. The van der Waals surface area contributed by atoms with Crippen LogP contribution in [-0.2, 0) is 0 Å². The highest BCUT2D eigenvalue weighted by Crippen LogP contribution is 2.34. The summed E-state index contributed by atoms with van der Waals surface area (Å²) in [6.45, 7) is 9.18. The van der Waals surface area contributed by atoms with Gasteiger partial charge < -0.3 is 5.73 Å². The first-order chi connectivity index (χ1) is 9.64. The van der Waals surface area contributed by atoms with Crippen molar-refractivity contribution in [3.8, 4) is 0 Å². The Hall–Kier alpha value is 0.250. The molecular formula is C19H42ClN. The van der Waals surface area contributed by atoms with Crippen LogP contribution in [0.5, 0.6) is 0 Å². The lowest BCUT2D eigenvalue weighted by molar-refractivity contribution is 0.193.